The first-order valence-corrected chi connectivity index (χ1v) is 5.75. The number of methoxy groups -OCH3 is 1. The summed E-state index contributed by atoms with van der Waals surface area (Å²) in [5, 5.41) is 9.60. The molecule has 5 heteroatoms. The van der Waals surface area contributed by atoms with Crippen LogP contribution in [0.4, 0.5) is 4.39 Å². The molecule has 0 amide bonds. The lowest BCUT2D eigenvalue weighted by molar-refractivity contribution is -0.140. The first-order valence-electron chi connectivity index (χ1n) is 5.75. The molecule has 1 unspecified atom stereocenters. The van der Waals surface area contributed by atoms with Crippen molar-refractivity contribution >= 4 is 5.97 Å². The van der Waals surface area contributed by atoms with Crippen molar-refractivity contribution in [1.29, 1.82) is 0 Å². The van der Waals surface area contributed by atoms with Crippen molar-refractivity contribution in [2.75, 3.05) is 13.7 Å². The molecule has 0 spiro atoms. The summed E-state index contributed by atoms with van der Waals surface area (Å²) >= 11 is 0. The Hall–Kier alpha value is -1.62. The predicted octanol–water partition coefficient (Wildman–Crippen LogP) is 1.91. The summed E-state index contributed by atoms with van der Waals surface area (Å²) in [6.07, 6.45) is 0.626. The smallest absolute Gasteiger partial charge is 0.305 e. The highest BCUT2D eigenvalue weighted by molar-refractivity contribution is 5.68. The van der Waals surface area contributed by atoms with Gasteiger partial charge in [0, 0.05) is 6.42 Å². The fraction of sp³-hybridized carbons (Fsp3) is 0.462. The summed E-state index contributed by atoms with van der Waals surface area (Å²) in [6.45, 7) is 0.118. The highest BCUT2D eigenvalue weighted by atomic mass is 19.1. The van der Waals surface area contributed by atoms with Crippen molar-refractivity contribution in [3.05, 3.63) is 30.1 Å². The Kier molecular flexibility index (Phi) is 6.14. The Labute approximate surface area is 105 Å². The van der Waals surface area contributed by atoms with E-state index in [2.05, 4.69) is 4.74 Å². The molecule has 0 aliphatic carbocycles. The van der Waals surface area contributed by atoms with E-state index in [1.165, 1.54) is 31.4 Å². The summed E-state index contributed by atoms with van der Waals surface area (Å²) in [5.41, 5.74) is 0. The number of carbonyl (C=O) groups is 1. The molecular formula is C13H17FO4. The monoisotopic (exact) mass is 256 g/mol. The molecule has 0 aliphatic heterocycles. The lowest BCUT2D eigenvalue weighted by Crippen LogP contribution is -2.17. The molecule has 1 atom stereocenters. The highest BCUT2D eigenvalue weighted by Crippen LogP contribution is 2.12. The highest BCUT2D eigenvalue weighted by Gasteiger charge is 2.07. The second-order valence-corrected chi connectivity index (χ2v) is 3.89. The fourth-order valence-electron chi connectivity index (χ4n) is 1.39. The third-order valence-corrected chi connectivity index (χ3v) is 2.40. The molecule has 0 fully saturated rings. The molecule has 0 radical (unpaired) electrons. The van der Waals surface area contributed by atoms with Crippen LogP contribution in [0.1, 0.15) is 19.3 Å². The molecule has 100 valence electrons. The molecule has 4 nitrogen and oxygen atoms in total. The van der Waals surface area contributed by atoms with E-state index in [4.69, 9.17) is 4.74 Å². The van der Waals surface area contributed by atoms with Crippen LogP contribution in [0.2, 0.25) is 0 Å². The zero-order valence-electron chi connectivity index (χ0n) is 10.3. The van der Waals surface area contributed by atoms with Crippen molar-refractivity contribution in [3.63, 3.8) is 0 Å². The van der Waals surface area contributed by atoms with Gasteiger partial charge in [-0.3, -0.25) is 4.79 Å². The van der Waals surface area contributed by atoms with Crippen molar-refractivity contribution in [3.8, 4) is 5.75 Å². The van der Waals surface area contributed by atoms with E-state index >= 15 is 0 Å². The summed E-state index contributed by atoms with van der Waals surface area (Å²) < 4.78 is 22.4. The number of carbonyl (C=O) groups excluding carboxylic acids is 1. The van der Waals surface area contributed by atoms with Crippen LogP contribution in [0.15, 0.2) is 24.3 Å². The number of aliphatic hydroxyl groups is 1. The topological polar surface area (TPSA) is 55.8 Å². The Morgan fingerprint density at radius 1 is 1.39 bits per heavy atom. The Morgan fingerprint density at radius 2 is 2.06 bits per heavy atom. The van der Waals surface area contributed by atoms with E-state index in [-0.39, 0.29) is 24.8 Å². The zero-order valence-corrected chi connectivity index (χ0v) is 10.3. The van der Waals surface area contributed by atoms with Gasteiger partial charge in [-0.15, -0.1) is 0 Å². The maximum absolute atomic E-state index is 12.6. The Bertz CT molecular complexity index is 364. The number of rotatable bonds is 7. The summed E-state index contributed by atoms with van der Waals surface area (Å²) in [7, 11) is 1.33. The molecule has 0 saturated carbocycles. The van der Waals surface area contributed by atoms with E-state index in [1.807, 2.05) is 0 Å². The van der Waals surface area contributed by atoms with Crippen LogP contribution >= 0.6 is 0 Å². The fourth-order valence-corrected chi connectivity index (χ4v) is 1.39. The number of esters is 1. The molecule has 1 aromatic carbocycles. The van der Waals surface area contributed by atoms with Gasteiger partial charge in [-0.05, 0) is 37.1 Å². The molecule has 0 bridgehead atoms. The van der Waals surface area contributed by atoms with Crippen LogP contribution in [0.5, 0.6) is 5.75 Å². The van der Waals surface area contributed by atoms with Gasteiger partial charge >= 0.3 is 5.97 Å². The molecule has 0 aliphatic rings. The Morgan fingerprint density at radius 3 is 2.67 bits per heavy atom. The SMILES string of the molecule is COC(=O)CCCC(O)COc1ccc(F)cc1. The Balaban J connectivity index is 2.18. The largest absolute Gasteiger partial charge is 0.491 e. The van der Waals surface area contributed by atoms with E-state index in [1.54, 1.807) is 0 Å². The average Bonchev–Trinajstić information content (AvgIpc) is 2.38. The number of ether oxygens (including phenoxy) is 2. The number of halogens is 1. The first kappa shape index (κ1) is 14.4. The average molecular weight is 256 g/mol. The molecular weight excluding hydrogens is 239 g/mol. The third kappa shape index (κ3) is 5.63. The van der Waals surface area contributed by atoms with E-state index in [9.17, 15) is 14.3 Å². The van der Waals surface area contributed by atoms with Crippen LogP contribution in [-0.2, 0) is 9.53 Å². The van der Waals surface area contributed by atoms with Gasteiger partial charge in [0.2, 0.25) is 0 Å². The maximum atomic E-state index is 12.6. The number of hydrogen-bond donors (Lipinski definition) is 1. The molecule has 0 heterocycles. The van der Waals surface area contributed by atoms with Gasteiger partial charge in [-0.25, -0.2) is 4.39 Å². The van der Waals surface area contributed by atoms with Crippen molar-refractivity contribution in [2.24, 2.45) is 0 Å². The quantitative estimate of drug-likeness (QED) is 0.757. The minimum absolute atomic E-state index is 0.118. The van der Waals surface area contributed by atoms with Gasteiger partial charge in [0.15, 0.2) is 0 Å². The normalized spacial score (nSPS) is 11.9. The van der Waals surface area contributed by atoms with Gasteiger partial charge in [-0.1, -0.05) is 0 Å². The molecule has 1 aromatic rings. The van der Waals surface area contributed by atoms with Gasteiger partial charge in [-0.2, -0.15) is 0 Å². The van der Waals surface area contributed by atoms with Gasteiger partial charge in [0.25, 0.3) is 0 Å². The molecule has 1 N–H and O–H groups in total. The van der Waals surface area contributed by atoms with E-state index in [0.717, 1.165) is 0 Å². The van der Waals surface area contributed by atoms with Crippen LogP contribution in [-0.4, -0.2) is 30.9 Å². The minimum atomic E-state index is -0.653. The van der Waals surface area contributed by atoms with Crippen molar-refractivity contribution in [2.45, 2.75) is 25.4 Å². The molecule has 0 saturated heterocycles. The van der Waals surface area contributed by atoms with Crippen LogP contribution in [0, 0.1) is 5.82 Å². The summed E-state index contributed by atoms with van der Waals surface area (Å²) in [5.74, 6) is -0.119. The van der Waals surface area contributed by atoms with Gasteiger partial charge in [0.05, 0.1) is 13.2 Å². The lowest BCUT2D eigenvalue weighted by atomic mass is 10.1. The maximum Gasteiger partial charge on any atom is 0.305 e. The second kappa shape index (κ2) is 7.66. The third-order valence-electron chi connectivity index (χ3n) is 2.40. The number of benzene rings is 1. The van der Waals surface area contributed by atoms with Crippen LogP contribution in [0.25, 0.3) is 0 Å². The lowest BCUT2D eigenvalue weighted by Gasteiger charge is -2.11. The van der Waals surface area contributed by atoms with Gasteiger partial charge < -0.3 is 14.6 Å². The molecule has 0 aromatic heterocycles. The van der Waals surface area contributed by atoms with E-state index in [0.29, 0.717) is 18.6 Å². The van der Waals surface area contributed by atoms with E-state index < -0.39 is 6.10 Å². The second-order valence-electron chi connectivity index (χ2n) is 3.89. The first-order chi connectivity index (χ1) is 8.61. The zero-order chi connectivity index (χ0) is 13.4. The van der Waals surface area contributed by atoms with Crippen molar-refractivity contribution in [1.82, 2.24) is 0 Å². The standard InChI is InChI=1S/C13H17FO4/c1-17-13(16)4-2-3-11(15)9-18-12-7-5-10(14)6-8-12/h5-8,11,15H,2-4,9H2,1H3. The van der Waals surface area contributed by atoms with Gasteiger partial charge in [0.1, 0.15) is 18.2 Å². The van der Waals surface area contributed by atoms with Crippen LogP contribution < -0.4 is 4.74 Å². The molecule has 18 heavy (non-hydrogen) atoms. The van der Waals surface area contributed by atoms with Crippen LogP contribution in [0.3, 0.4) is 0 Å². The molecule has 1 rings (SSSR count). The van der Waals surface area contributed by atoms with Crippen molar-refractivity contribution < 1.29 is 23.8 Å². The number of aliphatic hydroxyl groups excluding tert-OH is 1. The summed E-state index contributed by atoms with van der Waals surface area (Å²) in [6, 6.07) is 5.57. The predicted molar refractivity (Wildman–Crippen MR) is 63.8 cm³/mol. The minimum Gasteiger partial charge on any atom is -0.491 e. The summed E-state index contributed by atoms with van der Waals surface area (Å²) in [4.78, 5) is 10.8. The number of hydrogen-bond acceptors (Lipinski definition) is 4.